The van der Waals surface area contributed by atoms with Crippen molar-refractivity contribution in [3.8, 4) is 0 Å². The quantitative estimate of drug-likeness (QED) is 0.923. The molecule has 0 atom stereocenters. The Bertz CT molecular complexity index is 438. The van der Waals surface area contributed by atoms with Crippen LogP contribution in [0.15, 0.2) is 22.9 Å². The lowest BCUT2D eigenvalue weighted by atomic mass is 10.4. The molecular weight excluding hydrogens is 294 g/mol. The summed E-state index contributed by atoms with van der Waals surface area (Å²) in [5.74, 6) is -1.22. The van der Waals surface area contributed by atoms with E-state index in [0.717, 1.165) is 0 Å². The zero-order valence-electron chi connectivity index (χ0n) is 7.32. The number of alkyl halides is 2. The molecule has 1 N–H and O–H groups in total. The summed E-state index contributed by atoms with van der Waals surface area (Å²) in [6.45, 7) is 0. The molecule has 0 spiro atoms. The highest BCUT2D eigenvalue weighted by atomic mass is 79.9. The Morgan fingerprint density at radius 3 is 2.67 bits per heavy atom. The first kappa shape index (κ1) is 12.3. The first-order chi connectivity index (χ1) is 6.89. The van der Waals surface area contributed by atoms with E-state index in [1.165, 1.54) is 18.5 Å². The fourth-order valence-electron chi connectivity index (χ4n) is 0.855. The number of hydrogen-bond acceptors (Lipinski definition) is 3. The second kappa shape index (κ2) is 4.84. The van der Waals surface area contributed by atoms with Crippen molar-refractivity contribution in [3.63, 3.8) is 0 Å². The van der Waals surface area contributed by atoms with Crippen molar-refractivity contribution >= 4 is 31.6 Å². The fourth-order valence-corrected chi connectivity index (χ4v) is 2.11. The summed E-state index contributed by atoms with van der Waals surface area (Å²) in [6.07, 6.45) is -0.221. The molecule has 1 heterocycles. The number of nitrogens with one attached hydrogen (secondary N) is 1. The first-order valence-corrected chi connectivity index (χ1v) is 6.23. The van der Waals surface area contributed by atoms with Crippen molar-refractivity contribution in [3.05, 3.63) is 22.9 Å². The van der Waals surface area contributed by atoms with Gasteiger partial charge < -0.3 is 0 Å². The molecule has 0 aromatic carbocycles. The standard InChI is InChI=1S/C7H7BrF2N2O2S/c8-5-1-6(3-11-2-5)12-15(13,14)4-7(9)10/h1-3,7,12H,4H2. The number of pyridine rings is 1. The smallest absolute Gasteiger partial charge is 0.254 e. The summed E-state index contributed by atoms with van der Waals surface area (Å²) in [4.78, 5) is 3.69. The van der Waals surface area contributed by atoms with Gasteiger partial charge in [0.05, 0.1) is 11.9 Å². The number of hydrogen-bond donors (Lipinski definition) is 1. The van der Waals surface area contributed by atoms with E-state index in [9.17, 15) is 17.2 Å². The molecule has 0 aliphatic heterocycles. The van der Waals surface area contributed by atoms with E-state index in [0.29, 0.717) is 4.47 Å². The molecule has 0 aliphatic rings. The summed E-state index contributed by atoms with van der Waals surface area (Å²) in [5.41, 5.74) is 0.144. The number of nitrogens with zero attached hydrogens (tertiary/aromatic N) is 1. The molecule has 1 rings (SSSR count). The molecule has 8 heteroatoms. The van der Waals surface area contributed by atoms with E-state index >= 15 is 0 Å². The summed E-state index contributed by atoms with van der Waals surface area (Å²) >= 11 is 3.08. The highest BCUT2D eigenvalue weighted by Gasteiger charge is 2.17. The van der Waals surface area contributed by atoms with Gasteiger partial charge in [0.25, 0.3) is 6.43 Å². The van der Waals surface area contributed by atoms with Gasteiger partial charge in [-0.25, -0.2) is 17.2 Å². The van der Waals surface area contributed by atoms with Crippen LogP contribution in [-0.4, -0.2) is 25.6 Å². The van der Waals surface area contributed by atoms with Gasteiger partial charge in [-0.05, 0) is 22.0 Å². The van der Waals surface area contributed by atoms with E-state index in [2.05, 4.69) is 20.9 Å². The molecule has 1 aromatic heterocycles. The number of halogens is 3. The molecule has 4 nitrogen and oxygen atoms in total. The molecule has 0 saturated carbocycles. The Morgan fingerprint density at radius 1 is 1.47 bits per heavy atom. The van der Waals surface area contributed by atoms with Crippen molar-refractivity contribution in [2.75, 3.05) is 10.5 Å². The van der Waals surface area contributed by atoms with Gasteiger partial charge in [0.2, 0.25) is 10.0 Å². The lowest BCUT2D eigenvalue weighted by Gasteiger charge is -2.06. The average Bonchev–Trinajstić information content (AvgIpc) is 1.99. The van der Waals surface area contributed by atoms with Crippen LogP contribution < -0.4 is 4.72 Å². The normalized spacial score (nSPS) is 11.7. The van der Waals surface area contributed by atoms with Crippen molar-refractivity contribution in [2.45, 2.75) is 6.43 Å². The lowest BCUT2D eigenvalue weighted by molar-refractivity contribution is 0.174. The van der Waals surface area contributed by atoms with Gasteiger partial charge in [-0.1, -0.05) is 0 Å². The Morgan fingerprint density at radius 2 is 2.13 bits per heavy atom. The second-order valence-corrected chi connectivity index (χ2v) is 5.35. The van der Waals surface area contributed by atoms with Crippen LogP contribution in [0.1, 0.15) is 0 Å². The van der Waals surface area contributed by atoms with Gasteiger partial charge in [0.1, 0.15) is 5.75 Å². The van der Waals surface area contributed by atoms with Crippen molar-refractivity contribution in [1.82, 2.24) is 4.98 Å². The van der Waals surface area contributed by atoms with E-state index in [1.54, 1.807) is 0 Å². The third-order valence-electron chi connectivity index (χ3n) is 1.32. The Kier molecular flexibility index (Phi) is 3.97. The summed E-state index contributed by atoms with van der Waals surface area (Å²) in [6, 6.07) is 1.43. The fraction of sp³-hybridized carbons (Fsp3) is 0.286. The Hall–Kier alpha value is -0.760. The third kappa shape index (κ3) is 4.52. The predicted octanol–water partition coefficient (Wildman–Crippen LogP) is 1.85. The molecular formula is C7H7BrF2N2O2S. The van der Waals surface area contributed by atoms with Gasteiger partial charge in [0, 0.05) is 10.7 Å². The molecule has 0 unspecified atom stereocenters. The van der Waals surface area contributed by atoms with E-state index < -0.39 is 22.2 Å². The molecule has 15 heavy (non-hydrogen) atoms. The average molecular weight is 301 g/mol. The van der Waals surface area contributed by atoms with E-state index in [-0.39, 0.29) is 5.69 Å². The Labute approximate surface area is 93.9 Å². The maximum atomic E-state index is 11.9. The maximum Gasteiger partial charge on any atom is 0.254 e. The van der Waals surface area contributed by atoms with E-state index in [1.807, 2.05) is 4.72 Å². The predicted molar refractivity (Wildman–Crippen MR) is 55.4 cm³/mol. The largest absolute Gasteiger partial charge is 0.282 e. The van der Waals surface area contributed by atoms with Crippen molar-refractivity contribution in [2.24, 2.45) is 0 Å². The molecule has 0 bridgehead atoms. The van der Waals surface area contributed by atoms with Crippen LogP contribution in [0.25, 0.3) is 0 Å². The van der Waals surface area contributed by atoms with Gasteiger partial charge in [-0.15, -0.1) is 0 Å². The molecule has 1 aromatic rings. The van der Waals surface area contributed by atoms with Gasteiger partial charge >= 0.3 is 0 Å². The minimum absolute atomic E-state index is 0.144. The number of aromatic nitrogens is 1. The monoisotopic (exact) mass is 300 g/mol. The van der Waals surface area contributed by atoms with E-state index in [4.69, 9.17) is 0 Å². The van der Waals surface area contributed by atoms with Crippen LogP contribution in [0.3, 0.4) is 0 Å². The van der Waals surface area contributed by atoms with Crippen LogP contribution >= 0.6 is 15.9 Å². The summed E-state index contributed by atoms with van der Waals surface area (Å²) in [7, 11) is -4.01. The summed E-state index contributed by atoms with van der Waals surface area (Å²) < 4.78 is 48.5. The summed E-state index contributed by atoms with van der Waals surface area (Å²) in [5, 5.41) is 0. The molecule has 0 radical (unpaired) electrons. The van der Waals surface area contributed by atoms with Crippen molar-refractivity contribution in [1.29, 1.82) is 0 Å². The second-order valence-electron chi connectivity index (χ2n) is 2.67. The zero-order valence-corrected chi connectivity index (χ0v) is 9.72. The number of sulfonamides is 1. The minimum atomic E-state index is -4.01. The van der Waals surface area contributed by atoms with Gasteiger partial charge in [-0.2, -0.15) is 0 Å². The highest BCUT2D eigenvalue weighted by molar-refractivity contribution is 9.10. The van der Waals surface area contributed by atoms with Gasteiger partial charge in [0.15, 0.2) is 0 Å². The molecule has 0 fully saturated rings. The third-order valence-corrected chi connectivity index (χ3v) is 2.99. The lowest BCUT2D eigenvalue weighted by Crippen LogP contribution is -2.21. The molecule has 0 aliphatic carbocycles. The van der Waals surface area contributed by atoms with Crippen LogP contribution in [0.5, 0.6) is 0 Å². The number of rotatable bonds is 4. The zero-order chi connectivity index (χ0) is 11.5. The van der Waals surface area contributed by atoms with Crippen LogP contribution in [0.2, 0.25) is 0 Å². The van der Waals surface area contributed by atoms with Crippen LogP contribution in [-0.2, 0) is 10.0 Å². The first-order valence-electron chi connectivity index (χ1n) is 3.78. The number of anilines is 1. The molecule has 0 amide bonds. The Balaban J connectivity index is 2.78. The minimum Gasteiger partial charge on any atom is -0.282 e. The van der Waals surface area contributed by atoms with Crippen LogP contribution in [0, 0.1) is 0 Å². The molecule has 0 saturated heterocycles. The van der Waals surface area contributed by atoms with Gasteiger partial charge in [-0.3, -0.25) is 9.71 Å². The van der Waals surface area contributed by atoms with Crippen molar-refractivity contribution < 1.29 is 17.2 Å². The molecule has 84 valence electrons. The van der Waals surface area contributed by atoms with Crippen LogP contribution in [0.4, 0.5) is 14.5 Å². The maximum absolute atomic E-state index is 11.9. The SMILES string of the molecule is O=S(=O)(CC(F)F)Nc1cncc(Br)c1. The highest BCUT2D eigenvalue weighted by Crippen LogP contribution is 2.15. The topological polar surface area (TPSA) is 59.1 Å².